The summed E-state index contributed by atoms with van der Waals surface area (Å²) in [5, 5.41) is 3.10. The summed E-state index contributed by atoms with van der Waals surface area (Å²) in [7, 11) is 3.36. The first-order valence-corrected chi connectivity index (χ1v) is 6.50. The Morgan fingerprint density at radius 1 is 1.19 bits per heavy atom. The van der Waals surface area contributed by atoms with Crippen molar-refractivity contribution in [2.45, 2.75) is 19.1 Å². The first-order chi connectivity index (χ1) is 9.87. The number of benzene rings is 1. The van der Waals surface area contributed by atoms with Crippen LogP contribution in [-0.4, -0.2) is 40.2 Å². The maximum atomic E-state index is 11.9. The van der Waals surface area contributed by atoms with Crippen molar-refractivity contribution in [1.29, 1.82) is 0 Å². The van der Waals surface area contributed by atoms with Gasteiger partial charge >= 0.3 is 6.18 Å². The standard InChI is InChI=1S/C14H20F3NO3/c1-10(18-2)11-4-5-12(13(8-11)19-3)21-7-6-20-9-14(15,16)17/h4-5,8,10,18H,6-7,9H2,1-3H3. The molecule has 0 saturated carbocycles. The van der Waals surface area contributed by atoms with Crippen LogP contribution in [0.4, 0.5) is 13.2 Å². The molecule has 0 aliphatic rings. The Balaban J connectivity index is 2.51. The Morgan fingerprint density at radius 2 is 1.90 bits per heavy atom. The van der Waals surface area contributed by atoms with Gasteiger partial charge in [-0.1, -0.05) is 6.07 Å². The van der Waals surface area contributed by atoms with Crippen molar-refractivity contribution in [2.75, 3.05) is 34.0 Å². The number of methoxy groups -OCH3 is 1. The normalized spacial score (nSPS) is 13.0. The van der Waals surface area contributed by atoms with Crippen molar-refractivity contribution in [3.8, 4) is 11.5 Å². The second-order valence-corrected chi connectivity index (χ2v) is 4.44. The largest absolute Gasteiger partial charge is 0.493 e. The van der Waals surface area contributed by atoms with Gasteiger partial charge < -0.3 is 19.5 Å². The molecule has 7 heteroatoms. The molecule has 0 spiro atoms. The van der Waals surface area contributed by atoms with E-state index in [0.717, 1.165) is 5.56 Å². The number of hydrogen-bond acceptors (Lipinski definition) is 4. The van der Waals surface area contributed by atoms with Crippen molar-refractivity contribution in [1.82, 2.24) is 5.32 Å². The van der Waals surface area contributed by atoms with Crippen LogP contribution in [0.15, 0.2) is 18.2 Å². The number of halogens is 3. The zero-order valence-electron chi connectivity index (χ0n) is 12.3. The number of nitrogens with one attached hydrogen (secondary N) is 1. The lowest BCUT2D eigenvalue weighted by Crippen LogP contribution is -2.19. The van der Waals surface area contributed by atoms with Crippen molar-refractivity contribution >= 4 is 0 Å². The van der Waals surface area contributed by atoms with E-state index in [2.05, 4.69) is 10.1 Å². The summed E-state index contributed by atoms with van der Waals surface area (Å²) < 4.78 is 50.7. The third-order valence-corrected chi connectivity index (χ3v) is 2.87. The predicted molar refractivity (Wildman–Crippen MR) is 72.8 cm³/mol. The fourth-order valence-corrected chi connectivity index (χ4v) is 1.64. The van der Waals surface area contributed by atoms with Crippen LogP contribution in [-0.2, 0) is 4.74 Å². The highest BCUT2D eigenvalue weighted by molar-refractivity contribution is 5.43. The van der Waals surface area contributed by atoms with Crippen LogP contribution in [0.5, 0.6) is 11.5 Å². The molecule has 0 heterocycles. The molecule has 0 radical (unpaired) electrons. The Morgan fingerprint density at radius 3 is 2.48 bits per heavy atom. The van der Waals surface area contributed by atoms with Crippen molar-refractivity contribution in [3.63, 3.8) is 0 Å². The molecule has 0 saturated heterocycles. The molecule has 1 N–H and O–H groups in total. The lowest BCUT2D eigenvalue weighted by molar-refractivity contribution is -0.175. The maximum Gasteiger partial charge on any atom is 0.411 e. The lowest BCUT2D eigenvalue weighted by Gasteiger charge is -2.15. The smallest absolute Gasteiger partial charge is 0.411 e. The van der Waals surface area contributed by atoms with E-state index in [-0.39, 0.29) is 19.3 Å². The summed E-state index contributed by atoms with van der Waals surface area (Å²) in [6.07, 6.45) is -4.32. The quantitative estimate of drug-likeness (QED) is 0.750. The third-order valence-electron chi connectivity index (χ3n) is 2.87. The van der Waals surface area contributed by atoms with Crippen molar-refractivity contribution in [3.05, 3.63) is 23.8 Å². The van der Waals surface area contributed by atoms with E-state index in [0.29, 0.717) is 11.5 Å². The topological polar surface area (TPSA) is 39.7 Å². The fraction of sp³-hybridized carbons (Fsp3) is 0.571. The maximum absolute atomic E-state index is 11.9. The second-order valence-electron chi connectivity index (χ2n) is 4.44. The first-order valence-electron chi connectivity index (χ1n) is 6.50. The molecule has 0 amide bonds. The molecule has 0 aliphatic carbocycles. The molecule has 1 rings (SSSR count). The number of hydrogen-bond donors (Lipinski definition) is 1. The van der Waals surface area contributed by atoms with E-state index in [1.54, 1.807) is 6.07 Å². The van der Waals surface area contributed by atoms with Gasteiger partial charge in [-0.3, -0.25) is 0 Å². The van der Waals surface area contributed by atoms with E-state index in [1.165, 1.54) is 7.11 Å². The van der Waals surface area contributed by atoms with E-state index < -0.39 is 12.8 Å². The average molecular weight is 307 g/mol. The summed E-state index contributed by atoms with van der Waals surface area (Å²) in [4.78, 5) is 0. The number of rotatable bonds is 8. The Labute approximate surface area is 122 Å². The highest BCUT2D eigenvalue weighted by Crippen LogP contribution is 2.30. The summed E-state index contributed by atoms with van der Waals surface area (Å²) in [6.45, 7) is 0.608. The zero-order valence-corrected chi connectivity index (χ0v) is 12.3. The van der Waals surface area contributed by atoms with Gasteiger partial charge in [0.25, 0.3) is 0 Å². The van der Waals surface area contributed by atoms with Gasteiger partial charge in [0, 0.05) is 6.04 Å². The third kappa shape index (κ3) is 6.22. The van der Waals surface area contributed by atoms with Crippen LogP contribution < -0.4 is 14.8 Å². The molecule has 1 unspecified atom stereocenters. The van der Waals surface area contributed by atoms with E-state index in [4.69, 9.17) is 9.47 Å². The van der Waals surface area contributed by atoms with Crippen LogP contribution in [0.25, 0.3) is 0 Å². The van der Waals surface area contributed by atoms with Crippen LogP contribution in [0, 0.1) is 0 Å². The Bertz CT molecular complexity index is 438. The molecule has 21 heavy (non-hydrogen) atoms. The molecule has 120 valence electrons. The number of ether oxygens (including phenoxy) is 3. The van der Waals surface area contributed by atoms with Gasteiger partial charge in [0.2, 0.25) is 0 Å². The van der Waals surface area contributed by atoms with Gasteiger partial charge in [-0.2, -0.15) is 13.2 Å². The van der Waals surface area contributed by atoms with Gasteiger partial charge in [0.05, 0.1) is 13.7 Å². The Hall–Kier alpha value is -1.47. The van der Waals surface area contributed by atoms with E-state index in [1.807, 2.05) is 26.1 Å². The predicted octanol–water partition coefficient (Wildman–Crippen LogP) is 2.93. The fourth-order valence-electron chi connectivity index (χ4n) is 1.64. The first kappa shape index (κ1) is 17.6. The summed E-state index contributed by atoms with van der Waals surface area (Å²) in [6, 6.07) is 5.58. The second kappa shape index (κ2) is 8.09. The molecule has 1 aromatic carbocycles. The zero-order chi connectivity index (χ0) is 15.9. The van der Waals surface area contributed by atoms with E-state index in [9.17, 15) is 13.2 Å². The Kier molecular flexibility index (Phi) is 6.77. The van der Waals surface area contributed by atoms with E-state index >= 15 is 0 Å². The van der Waals surface area contributed by atoms with Crippen LogP contribution in [0.2, 0.25) is 0 Å². The molecule has 0 bridgehead atoms. The summed E-state index contributed by atoms with van der Waals surface area (Å²) in [5.41, 5.74) is 1.02. The van der Waals surface area contributed by atoms with Gasteiger partial charge in [-0.15, -0.1) is 0 Å². The minimum Gasteiger partial charge on any atom is -0.493 e. The molecule has 1 aromatic rings. The van der Waals surface area contributed by atoms with Crippen molar-refractivity contribution < 1.29 is 27.4 Å². The van der Waals surface area contributed by atoms with Crippen LogP contribution in [0.3, 0.4) is 0 Å². The minimum absolute atomic E-state index is 0.0212. The highest BCUT2D eigenvalue weighted by Gasteiger charge is 2.27. The SMILES string of the molecule is CNC(C)c1ccc(OCCOCC(F)(F)F)c(OC)c1. The molecule has 0 fully saturated rings. The lowest BCUT2D eigenvalue weighted by atomic mass is 10.1. The van der Waals surface area contributed by atoms with Crippen LogP contribution in [0.1, 0.15) is 18.5 Å². The number of alkyl halides is 3. The van der Waals surface area contributed by atoms with Gasteiger partial charge in [-0.05, 0) is 31.7 Å². The summed E-state index contributed by atoms with van der Waals surface area (Å²) in [5.74, 6) is 1.01. The molecular weight excluding hydrogens is 287 g/mol. The van der Waals surface area contributed by atoms with Gasteiger partial charge in [0.15, 0.2) is 11.5 Å². The molecule has 4 nitrogen and oxygen atoms in total. The highest BCUT2D eigenvalue weighted by atomic mass is 19.4. The molecule has 0 aliphatic heterocycles. The van der Waals surface area contributed by atoms with Gasteiger partial charge in [0.1, 0.15) is 13.2 Å². The molecular formula is C14H20F3NO3. The molecule has 0 aromatic heterocycles. The molecule has 1 atom stereocenters. The van der Waals surface area contributed by atoms with Crippen molar-refractivity contribution in [2.24, 2.45) is 0 Å². The van der Waals surface area contributed by atoms with Gasteiger partial charge in [-0.25, -0.2) is 0 Å². The van der Waals surface area contributed by atoms with Crippen LogP contribution >= 0.6 is 0 Å². The monoisotopic (exact) mass is 307 g/mol. The minimum atomic E-state index is -4.32. The summed E-state index contributed by atoms with van der Waals surface area (Å²) >= 11 is 0. The average Bonchev–Trinajstić information content (AvgIpc) is 2.45.